The van der Waals surface area contributed by atoms with E-state index in [4.69, 9.17) is 24.9 Å². The highest BCUT2D eigenvalue weighted by molar-refractivity contribution is 5.95. The van der Waals surface area contributed by atoms with Crippen molar-refractivity contribution in [2.24, 2.45) is 16.1 Å². The number of halogens is 2. The first-order valence-corrected chi connectivity index (χ1v) is 9.92. The molecular formula is C21H22F2N4O4. The van der Waals surface area contributed by atoms with E-state index in [0.717, 1.165) is 11.8 Å². The Morgan fingerprint density at radius 1 is 1.26 bits per heavy atom. The van der Waals surface area contributed by atoms with Crippen LogP contribution in [0.1, 0.15) is 42.0 Å². The van der Waals surface area contributed by atoms with E-state index in [-0.39, 0.29) is 30.5 Å². The number of Topliss-reactive ketones (excluding diaryl/α,β-unsaturated/α-hetero) is 1. The quantitative estimate of drug-likeness (QED) is 0.745. The molecule has 1 fully saturated rings. The Hall–Kier alpha value is -3.01. The average molecular weight is 432 g/mol. The molecule has 4 heterocycles. The second-order valence-corrected chi connectivity index (χ2v) is 8.68. The van der Waals surface area contributed by atoms with Gasteiger partial charge >= 0.3 is 6.55 Å². The summed E-state index contributed by atoms with van der Waals surface area (Å²) in [5, 5.41) is 3.66. The van der Waals surface area contributed by atoms with Crippen LogP contribution in [0, 0.1) is 5.41 Å². The molecule has 2 spiro atoms. The Kier molecular flexibility index (Phi) is 4.17. The molecule has 1 unspecified atom stereocenters. The summed E-state index contributed by atoms with van der Waals surface area (Å²) in [5.41, 5.74) is 5.51. The van der Waals surface area contributed by atoms with E-state index in [0.29, 0.717) is 29.2 Å². The number of ketones is 1. The lowest BCUT2D eigenvalue weighted by Crippen LogP contribution is -2.71. The third-order valence-corrected chi connectivity index (χ3v) is 6.68. The van der Waals surface area contributed by atoms with Gasteiger partial charge in [0.25, 0.3) is 6.02 Å². The second-order valence-electron chi connectivity index (χ2n) is 8.68. The van der Waals surface area contributed by atoms with E-state index in [1.54, 1.807) is 12.1 Å². The van der Waals surface area contributed by atoms with Gasteiger partial charge in [-0.2, -0.15) is 13.9 Å². The van der Waals surface area contributed by atoms with Gasteiger partial charge in [-0.25, -0.2) is 9.67 Å². The molecule has 0 radical (unpaired) electrons. The summed E-state index contributed by atoms with van der Waals surface area (Å²) in [6, 6.07) is 6.83. The van der Waals surface area contributed by atoms with Crippen LogP contribution in [0.3, 0.4) is 0 Å². The third kappa shape index (κ3) is 2.70. The molecule has 1 aromatic carbocycles. The van der Waals surface area contributed by atoms with E-state index >= 15 is 0 Å². The highest BCUT2D eigenvalue weighted by Gasteiger charge is 2.71. The molecule has 0 amide bonds. The largest absolute Gasteiger partial charge is 0.487 e. The van der Waals surface area contributed by atoms with Gasteiger partial charge in [0.2, 0.25) is 0 Å². The summed E-state index contributed by atoms with van der Waals surface area (Å²) < 4.78 is 43.5. The second kappa shape index (κ2) is 6.49. The maximum absolute atomic E-state index is 12.8. The van der Waals surface area contributed by atoms with E-state index in [2.05, 4.69) is 5.10 Å². The van der Waals surface area contributed by atoms with Crippen LogP contribution in [-0.2, 0) is 21.4 Å². The number of nitrogens with zero attached hydrogens (tertiary/aromatic N) is 3. The fourth-order valence-corrected chi connectivity index (χ4v) is 4.81. The maximum atomic E-state index is 12.8. The minimum absolute atomic E-state index is 0.00341. The molecule has 8 nitrogen and oxygen atoms in total. The molecule has 3 aliphatic heterocycles. The summed E-state index contributed by atoms with van der Waals surface area (Å²) in [7, 11) is 0. The Morgan fingerprint density at radius 2 is 2.03 bits per heavy atom. The number of nitrogens with two attached hydrogens (primary N) is 1. The number of benzene rings is 1. The van der Waals surface area contributed by atoms with E-state index in [9.17, 15) is 13.6 Å². The van der Waals surface area contributed by atoms with Crippen LogP contribution < -0.4 is 10.5 Å². The predicted octanol–water partition coefficient (Wildman–Crippen LogP) is 2.43. The Balaban J connectivity index is 1.53. The van der Waals surface area contributed by atoms with Gasteiger partial charge in [-0.1, -0.05) is 6.07 Å². The van der Waals surface area contributed by atoms with Crippen molar-refractivity contribution in [2.75, 3.05) is 19.8 Å². The van der Waals surface area contributed by atoms with Crippen LogP contribution in [0.5, 0.6) is 5.75 Å². The van der Waals surface area contributed by atoms with Crippen LogP contribution in [0.15, 0.2) is 35.5 Å². The highest BCUT2D eigenvalue weighted by atomic mass is 19.3. The topological polar surface area (TPSA) is 101 Å². The molecular weight excluding hydrogens is 410 g/mol. The van der Waals surface area contributed by atoms with Gasteiger partial charge in [-0.15, -0.1) is 0 Å². The maximum Gasteiger partial charge on any atom is 0.333 e. The summed E-state index contributed by atoms with van der Waals surface area (Å²) in [5.74, 6) is 0.278. The number of aromatic nitrogens is 2. The van der Waals surface area contributed by atoms with Crippen molar-refractivity contribution in [3.63, 3.8) is 0 Å². The fraction of sp³-hybridized carbons (Fsp3) is 0.476. The van der Waals surface area contributed by atoms with Crippen molar-refractivity contribution >= 4 is 11.8 Å². The van der Waals surface area contributed by atoms with Crippen LogP contribution in [0.4, 0.5) is 8.78 Å². The number of ether oxygens (including phenoxy) is 3. The summed E-state index contributed by atoms with van der Waals surface area (Å²) in [6.07, 6.45) is 1.08. The van der Waals surface area contributed by atoms with Crippen molar-refractivity contribution in [1.29, 1.82) is 0 Å². The third-order valence-electron chi connectivity index (χ3n) is 6.68. The van der Waals surface area contributed by atoms with E-state index < -0.39 is 23.1 Å². The van der Waals surface area contributed by atoms with Crippen LogP contribution in [0.25, 0.3) is 0 Å². The van der Waals surface area contributed by atoms with Crippen molar-refractivity contribution in [3.8, 4) is 5.75 Å². The molecule has 10 heteroatoms. The molecule has 1 atom stereocenters. The number of carbonyl (C=O) groups excluding carboxylic acids is 1. The number of aliphatic imine (C=N–C) groups is 1. The van der Waals surface area contributed by atoms with Crippen LogP contribution in [0.2, 0.25) is 0 Å². The molecule has 0 bridgehead atoms. The zero-order valence-corrected chi connectivity index (χ0v) is 17.1. The van der Waals surface area contributed by atoms with Crippen molar-refractivity contribution in [3.05, 3.63) is 47.3 Å². The number of amidine groups is 1. The van der Waals surface area contributed by atoms with Gasteiger partial charge in [-0.05, 0) is 37.6 Å². The van der Waals surface area contributed by atoms with Gasteiger partial charge < -0.3 is 19.9 Å². The standard InChI is InChI=1S/C21H22F2N4O4/c1-19(2)20(9-29-10-20)21(11-30-18(24)25-21)13-7-12(3-4-16(13)31-19)8-15(28)14-5-6-27(26-14)17(22)23/h3-7,17H,8-11H2,1-2H3,(H2,24,25). The van der Waals surface area contributed by atoms with Crippen LogP contribution >= 0.6 is 0 Å². The fourth-order valence-electron chi connectivity index (χ4n) is 4.81. The van der Waals surface area contributed by atoms with Gasteiger partial charge in [0.05, 0.1) is 18.6 Å². The highest BCUT2D eigenvalue weighted by Crippen LogP contribution is 2.62. The van der Waals surface area contributed by atoms with Crippen LogP contribution in [-0.4, -0.2) is 47.0 Å². The summed E-state index contributed by atoms with van der Waals surface area (Å²) in [4.78, 5) is 17.4. The lowest BCUT2D eigenvalue weighted by molar-refractivity contribution is -0.247. The first-order chi connectivity index (χ1) is 14.7. The molecule has 1 saturated heterocycles. The number of fused-ring (bicyclic) bond motifs is 3. The summed E-state index contributed by atoms with van der Waals surface area (Å²) >= 11 is 0. The average Bonchev–Trinajstić information content (AvgIpc) is 3.29. The lowest BCUT2D eigenvalue weighted by atomic mass is 9.55. The van der Waals surface area contributed by atoms with E-state index in [1.165, 1.54) is 6.07 Å². The van der Waals surface area contributed by atoms with Gasteiger partial charge in [0.15, 0.2) is 5.78 Å². The predicted molar refractivity (Wildman–Crippen MR) is 105 cm³/mol. The zero-order chi connectivity index (χ0) is 22.0. The summed E-state index contributed by atoms with van der Waals surface area (Å²) in [6.45, 7) is 2.33. The number of carbonyl (C=O) groups is 1. The minimum Gasteiger partial charge on any atom is -0.487 e. The van der Waals surface area contributed by atoms with Gasteiger partial charge in [0, 0.05) is 18.2 Å². The number of hydrogen-bond acceptors (Lipinski definition) is 7. The molecule has 164 valence electrons. The Morgan fingerprint density at radius 3 is 2.61 bits per heavy atom. The number of rotatable bonds is 4. The first-order valence-electron chi connectivity index (χ1n) is 9.92. The smallest absolute Gasteiger partial charge is 0.333 e. The van der Waals surface area contributed by atoms with Crippen molar-refractivity contribution in [2.45, 2.75) is 38.0 Å². The molecule has 1 aromatic heterocycles. The van der Waals surface area contributed by atoms with Gasteiger partial charge in [-0.3, -0.25) is 4.79 Å². The normalized spacial score (nSPS) is 25.0. The number of hydrogen-bond donors (Lipinski definition) is 1. The molecule has 5 rings (SSSR count). The SMILES string of the molecule is CC1(C)Oc2ccc(CC(=O)c3ccn(C(F)F)n3)cc2C2(COC(N)=N2)C12COC2. The zero-order valence-electron chi connectivity index (χ0n) is 17.1. The molecule has 2 aromatic rings. The minimum atomic E-state index is -2.79. The first kappa shape index (κ1) is 19.9. The molecule has 2 N–H and O–H groups in total. The molecule has 3 aliphatic rings. The van der Waals surface area contributed by atoms with Crippen molar-refractivity contribution < 1.29 is 27.8 Å². The molecule has 31 heavy (non-hydrogen) atoms. The number of alkyl halides is 2. The monoisotopic (exact) mass is 432 g/mol. The lowest BCUT2D eigenvalue weighted by Gasteiger charge is -2.61. The Bertz CT molecular complexity index is 1090. The van der Waals surface area contributed by atoms with Crippen molar-refractivity contribution in [1.82, 2.24) is 9.78 Å². The molecule has 0 aliphatic carbocycles. The van der Waals surface area contributed by atoms with E-state index in [1.807, 2.05) is 19.9 Å². The Labute approximate surface area is 177 Å². The molecule has 0 saturated carbocycles. The van der Waals surface area contributed by atoms with Gasteiger partial charge in [0.1, 0.15) is 29.2 Å².